The quantitative estimate of drug-likeness (QED) is 0.452. The van der Waals surface area contributed by atoms with Gasteiger partial charge >= 0.3 is 0 Å². The Morgan fingerprint density at radius 3 is 2.25 bits per heavy atom. The van der Waals surface area contributed by atoms with Crippen LogP contribution in [-0.2, 0) is 0 Å². The number of halogens is 1. The van der Waals surface area contributed by atoms with Gasteiger partial charge in [-0.05, 0) is 25.2 Å². The summed E-state index contributed by atoms with van der Waals surface area (Å²) < 4.78 is 12.6. The van der Waals surface area contributed by atoms with Crippen LogP contribution in [0.25, 0.3) is 0 Å². The fourth-order valence-electron chi connectivity index (χ4n) is 1.88. The van der Waals surface area contributed by atoms with Crippen molar-refractivity contribution in [3.05, 3.63) is 0 Å². The normalized spacial score (nSPS) is 48.8. The average molecular weight is 114 g/mol. The summed E-state index contributed by atoms with van der Waals surface area (Å²) in [7, 11) is 0. The lowest BCUT2D eigenvalue weighted by Gasteiger charge is -2.38. The molecule has 2 fully saturated rings. The summed E-state index contributed by atoms with van der Waals surface area (Å²) in [6, 6.07) is 0. The summed E-state index contributed by atoms with van der Waals surface area (Å²) in [5.74, 6) is 0.692. The molecule has 0 aromatic carbocycles. The Morgan fingerprint density at radius 1 is 1.50 bits per heavy atom. The third kappa shape index (κ3) is 0.329. The second kappa shape index (κ2) is 1.09. The molecule has 46 valence electrons. The lowest BCUT2D eigenvalue weighted by atomic mass is 9.70. The SMILES string of the molecule is CC1CC(F)C12CC2. The molecule has 2 aliphatic carbocycles. The predicted molar refractivity (Wildman–Crippen MR) is 30.3 cm³/mol. The molecule has 2 aliphatic rings. The molecule has 2 saturated carbocycles. The summed E-state index contributed by atoms with van der Waals surface area (Å²) in [5, 5.41) is 0. The highest BCUT2D eigenvalue weighted by Gasteiger charge is 2.61. The lowest BCUT2D eigenvalue weighted by Crippen LogP contribution is -2.38. The van der Waals surface area contributed by atoms with Crippen LogP contribution in [0, 0.1) is 11.3 Å². The van der Waals surface area contributed by atoms with E-state index in [1.54, 1.807) is 0 Å². The van der Waals surface area contributed by atoms with Gasteiger partial charge in [-0.15, -0.1) is 0 Å². The van der Waals surface area contributed by atoms with E-state index in [9.17, 15) is 4.39 Å². The smallest absolute Gasteiger partial charge is 0.106 e. The maximum absolute atomic E-state index is 12.6. The van der Waals surface area contributed by atoms with Gasteiger partial charge in [0.2, 0.25) is 0 Å². The predicted octanol–water partition coefficient (Wildman–Crippen LogP) is 2.14. The van der Waals surface area contributed by atoms with Crippen LogP contribution >= 0.6 is 0 Å². The van der Waals surface area contributed by atoms with Gasteiger partial charge < -0.3 is 0 Å². The van der Waals surface area contributed by atoms with Gasteiger partial charge in [-0.25, -0.2) is 4.39 Å². The van der Waals surface area contributed by atoms with Crippen LogP contribution in [0.3, 0.4) is 0 Å². The van der Waals surface area contributed by atoms with E-state index in [-0.39, 0.29) is 5.41 Å². The van der Waals surface area contributed by atoms with Gasteiger partial charge in [-0.3, -0.25) is 0 Å². The highest BCUT2D eigenvalue weighted by molar-refractivity contribution is 5.10. The first-order valence-electron chi connectivity index (χ1n) is 3.40. The van der Waals surface area contributed by atoms with Crippen molar-refractivity contribution in [1.29, 1.82) is 0 Å². The molecule has 0 nitrogen and oxygen atoms in total. The van der Waals surface area contributed by atoms with Crippen molar-refractivity contribution >= 4 is 0 Å². The molecule has 1 spiro atoms. The minimum absolute atomic E-state index is 0.222. The topological polar surface area (TPSA) is 0 Å². The Kier molecular flexibility index (Phi) is 0.653. The molecule has 0 aromatic rings. The first-order chi connectivity index (χ1) is 3.76. The minimum Gasteiger partial charge on any atom is -0.247 e. The van der Waals surface area contributed by atoms with E-state index in [1.807, 2.05) is 0 Å². The Balaban J connectivity index is 2.11. The summed E-state index contributed by atoms with van der Waals surface area (Å²) in [4.78, 5) is 0. The third-order valence-corrected chi connectivity index (χ3v) is 2.99. The van der Waals surface area contributed by atoms with Gasteiger partial charge in [0.1, 0.15) is 6.17 Å². The molecule has 1 heteroatoms. The van der Waals surface area contributed by atoms with E-state index >= 15 is 0 Å². The molecular formula is C7H11F. The van der Waals surface area contributed by atoms with Crippen LogP contribution in [-0.4, -0.2) is 6.17 Å². The number of rotatable bonds is 0. The van der Waals surface area contributed by atoms with Gasteiger partial charge in [0.15, 0.2) is 0 Å². The lowest BCUT2D eigenvalue weighted by molar-refractivity contribution is 0.0220. The van der Waals surface area contributed by atoms with Gasteiger partial charge in [-0.1, -0.05) is 6.92 Å². The van der Waals surface area contributed by atoms with Gasteiger partial charge in [0.05, 0.1) is 0 Å². The van der Waals surface area contributed by atoms with Crippen molar-refractivity contribution < 1.29 is 4.39 Å². The summed E-state index contributed by atoms with van der Waals surface area (Å²) in [6.07, 6.45) is 2.72. The summed E-state index contributed by atoms with van der Waals surface area (Å²) >= 11 is 0. The molecule has 0 amide bonds. The second-order valence-corrected chi connectivity index (χ2v) is 3.34. The zero-order valence-corrected chi connectivity index (χ0v) is 5.15. The van der Waals surface area contributed by atoms with Gasteiger partial charge in [-0.2, -0.15) is 0 Å². The zero-order valence-electron chi connectivity index (χ0n) is 5.15. The highest BCUT2D eigenvalue weighted by Crippen LogP contribution is 2.65. The molecule has 0 aromatic heterocycles. The van der Waals surface area contributed by atoms with Crippen LogP contribution in [0.4, 0.5) is 4.39 Å². The molecule has 0 saturated heterocycles. The first kappa shape index (κ1) is 4.78. The van der Waals surface area contributed by atoms with Crippen molar-refractivity contribution in [3.8, 4) is 0 Å². The maximum Gasteiger partial charge on any atom is 0.106 e. The van der Waals surface area contributed by atoms with Crippen molar-refractivity contribution in [2.24, 2.45) is 11.3 Å². The van der Waals surface area contributed by atoms with E-state index in [0.29, 0.717) is 5.92 Å². The molecule has 2 rings (SSSR count). The standard InChI is InChI=1S/C7H11F/c1-5-4-6(8)7(5)2-3-7/h5-6H,2-4H2,1H3. The first-order valence-corrected chi connectivity index (χ1v) is 3.40. The van der Waals surface area contributed by atoms with Crippen LogP contribution in [0.1, 0.15) is 26.2 Å². The molecule has 2 unspecified atom stereocenters. The van der Waals surface area contributed by atoms with Crippen LogP contribution in [0.15, 0.2) is 0 Å². The van der Waals surface area contributed by atoms with E-state index < -0.39 is 6.17 Å². The third-order valence-electron chi connectivity index (χ3n) is 2.99. The summed E-state index contributed by atoms with van der Waals surface area (Å²) in [5.41, 5.74) is 0.222. The van der Waals surface area contributed by atoms with Crippen LogP contribution < -0.4 is 0 Å². The van der Waals surface area contributed by atoms with Crippen LogP contribution in [0.5, 0.6) is 0 Å². The number of alkyl halides is 1. The molecule has 0 heterocycles. The Morgan fingerprint density at radius 2 is 2.12 bits per heavy atom. The fraction of sp³-hybridized carbons (Fsp3) is 1.00. The Labute approximate surface area is 49.1 Å². The second-order valence-electron chi connectivity index (χ2n) is 3.34. The van der Waals surface area contributed by atoms with Crippen molar-refractivity contribution in [2.45, 2.75) is 32.4 Å². The fourth-order valence-corrected chi connectivity index (χ4v) is 1.88. The molecular weight excluding hydrogens is 103 g/mol. The van der Waals surface area contributed by atoms with E-state index in [0.717, 1.165) is 19.3 Å². The van der Waals surface area contributed by atoms with E-state index in [2.05, 4.69) is 6.92 Å². The van der Waals surface area contributed by atoms with Gasteiger partial charge in [0.25, 0.3) is 0 Å². The zero-order chi connectivity index (χ0) is 5.78. The Bertz CT molecular complexity index is 106. The Hall–Kier alpha value is -0.0700. The number of hydrogen-bond acceptors (Lipinski definition) is 0. The summed E-state index contributed by atoms with van der Waals surface area (Å²) in [6.45, 7) is 2.17. The number of hydrogen-bond donors (Lipinski definition) is 0. The van der Waals surface area contributed by atoms with Gasteiger partial charge in [0, 0.05) is 5.41 Å². The highest BCUT2D eigenvalue weighted by atomic mass is 19.1. The van der Waals surface area contributed by atoms with Crippen molar-refractivity contribution in [3.63, 3.8) is 0 Å². The maximum atomic E-state index is 12.6. The van der Waals surface area contributed by atoms with Crippen LogP contribution in [0.2, 0.25) is 0 Å². The van der Waals surface area contributed by atoms with E-state index in [4.69, 9.17) is 0 Å². The molecule has 8 heavy (non-hydrogen) atoms. The molecule has 0 aliphatic heterocycles. The molecule has 0 radical (unpaired) electrons. The van der Waals surface area contributed by atoms with Crippen molar-refractivity contribution in [1.82, 2.24) is 0 Å². The molecule has 2 atom stereocenters. The van der Waals surface area contributed by atoms with Crippen molar-refractivity contribution in [2.75, 3.05) is 0 Å². The minimum atomic E-state index is -0.433. The largest absolute Gasteiger partial charge is 0.247 e. The molecule has 0 N–H and O–H groups in total. The monoisotopic (exact) mass is 114 g/mol. The van der Waals surface area contributed by atoms with E-state index in [1.165, 1.54) is 0 Å². The average Bonchev–Trinajstić information content (AvgIpc) is 2.44. The molecule has 0 bridgehead atoms.